The Hall–Kier alpha value is -0.240. The molecule has 0 aromatic heterocycles. The van der Waals surface area contributed by atoms with Gasteiger partial charge in [0, 0.05) is 13.1 Å². The number of rotatable bonds is 8. The average molecular weight is 222 g/mol. The summed E-state index contributed by atoms with van der Waals surface area (Å²) in [6.45, 7) is 1.56. The van der Waals surface area contributed by atoms with E-state index in [1.165, 1.54) is 4.90 Å². The summed E-state index contributed by atoms with van der Waals surface area (Å²) in [5.74, 6) is 0. The van der Waals surface area contributed by atoms with Crippen LogP contribution in [-0.2, 0) is 0 Å². The molecule has 6 nitrogen and oxygen atoms in total. The van der Waals surface area contributed by atoms with E-state index in [0.717, 1.165) is 0 Å². The first kappa shape index (κ1) is 14.8. The highest BCUT2D eigenvalue weighted by atomic mass is 16.3. The Morgan fingerprint density at radius 3 is 1.93 bits per heavy atom. The maximum atomic E-state index is 9.91. The van der Waals surface area contributed by atoms with E-state index in [0.29, 0.717) is 6.42 Å². The summed E-state index contributed by atoms with van der Waals surface area (Å²) in [5.41, 5.74) is 4.68. The third-order valence-electron chi connectivity index (χ3n) is 2.59. The van der Waals surface area contributed by atoms with Crippen LogP contribution in [0.4, 0.5) is 0 Å². The summed E-state index contributed by atoms with van der Waals surface area (Å²) in [7, 11) is 0. The fourth-order valence-electron chi connectivity index (χ4n) is 1.35. The number of aliphatic hydroxyl groups excluding tert-OH is 4. The van der Waals surface area contributed by atoms with Crippen LogP contribution in [0.1, 0.15) is 13.3 Å². The van der Waals surface area contributed by atoms with Crippen LogP contribution >= 0.6 is 0 Å². The SMILES string of the molecule is CCC(N)(CO)C(O)N(CCO)CCO. The Balaban J connectivity index is 4.50. The van der Waals surface area contributed by atoms with Crippen LogP contribution in [0.3, 0.4) is 0 Å². The van der Waals surface area contributed by atoms with E-state index in [9.17, 15) is 5.11 Å². The molecule has 6 heteroatoms. The lowest BCUT2D eigenvalue weighted by Gasteiger charge is -2.38. The predicted molar refractivity (Wildman–Crippen MR) is 56.0 cm³/mol. The Morgan fingerprint density at radius 2 is 1.67 bits per heavy atom. The minimum Gasteiger partial charge on any atom is -0.395 e. The molecule has 0 aliphatic heterocycles. The van der Waals surface area contributed by atoms with Crippen LogP contribution in [0.25, 0.3) is 0 Å². The van der Waals surface area contributed by atoms with Gasteiger partial charge in [-0.1, -0.05) is 6.92 Å². The minimum absolute atomic E-state index is 0.137. The topological polar surface area (TPSA) is 110 Å². The van der Waals surface area contributed by atoms with E-state index < -0.39 is 11.8 Å². The zero-order valence-corrected chi connectivity index (χ0v) is 9.13. The molecule has 0 spiro atoms. The van der Waals surface area contributed by atoms with E-state index in [4.69, 9.17) is 21.1 Å². The van der Waals surface area contributed by atoms with Crippen LogP contribution < -0.4 is 5.73 Å². The van der Waals surface area contributed by atoms with Gasteiger partial charge in [0.05, 0.1) is 25.4 Å². The van der Waals surface area contributed by atoms with E-state index in [-0.39, 0.29) is 32.9 Å². The maximum absolute atomic E-state index is 9.91. The summed E-state index contributed by atoms with van der Waals surface area (Å²) in [6, 6.07) is 0. The van der Waals surface area contributed by atoms with Gasteiger partial charge >= 0.3 is 0 Å². The Kier molecular flexibility index (Phi) is 6.99. The molecule has 0 heterocycles. The highest BCUT2D eigenvalue weighted by molar-refractivity contribution is 4.89. The van der Waals surface area contributed by atoms with Gasteiger partial charge in [-0.2, -0.15) is 0 Å². The van der Waals surface area contributed by atoms with Crippen LogP contribution in [-0.4, -0.2) is 70.0 Å². The van der Waals surface area contributed by atoms with Gasteiger partial charge in [-0.05, 0) is 6.42 Å². The van der Waals surface area contributed by atoms with Crippen molar-refractivity contribution in [3.8, 4) is 0 Å². The minimum atomic E-state index is -1.12. The van der Waals surface area contributed by atoms with Crippen molar-refractivity contribution >= 4 is 0 Å². The zero-order chi connectivity index (χ0) is 11.9. The quantitative estimate of drug-likeness (QED) is 0.295. The standard InChI is InChI=1S/C9H22N2O4/c1-2-9(10,7-14)8(15)11(3-5-12)4-6-13/h8,12-15H,2-7,10H2,1H3. The van der Waals surface area contributed by atoms with Crippen molar-refractivity contribution in [2.45, 2.75) is 25.1 Å². The van der Waals surface area contributed by atoms with Gasteiger partial charge in [-0.3, -0.25) is 4.90 Å². The van der Waals surface area contributed by atoms with Crippen molar-refractivity contribution in [3.63, 3.8) is 0 Å². The highest BCUT2D eigenvalue weighted by Gasteiger charge is 2.35. The molecular formula is C9H22N2O4. The smallest absolute Gasteiger partial charge is 0.127 e. The monoisotopic (exact) mass is 222 g/mol. The number of aliphatic hydroxyl groups is 4. The normalized spacial score (nSPS) is 17.8. The highest BCUT2D eigenvalue weighted by Crippen LogP contribution is 2.14. The molecule has 0 aliphatic carbocycles. The van der Waals surface area contributed by atoms with E-state index in [1.807, 2.05) is 0 Å². The number of nitrogens with two attached hydrogens (primary N) is 1. The molecule has 6 N–H and O–H groups in total. The van der Waals surface area contributed by atoms with E-state index in [1.54, 1.807) is 6.92 Å². The molecule has 92 valence electrons. The fourth-order valence-corrected chi connectivity index (χ4v) is 1.35. The lowest BCUT2D eigenvalue weighted by Crippen LogP contribution is -2.61. The van der Waals surface area contributed by atoms with Crippen LogP contribution in [0, 0.1) is 0 Å². The van der Waals surface area contributed by atoms with Gasteiger partial charge in [0.25, 0.3) is 0 Å². The Morgan fingerprint density at radius 1 is 1.20 bits per heavy atom. The van der Waals surface area contributed by atoms with Gasteiger partial charge in [0.2, 0.25) is 0 Å². The van der Waals surface area contributed by atoms with Crippen molar-refractivity contribution in [3.05, 3.63) is 0 Å². The number of hydrogen-bond donors (Lipinski definition) is 5. The summed E-state index contributed by atoms with van der Waals surface area (Å²) < 4.78 is 0. The van der Waals surface area contributed by atoms with Crippen LogP contribution in [0.15, 0.2) is 0 Å². The first-order valence-electron chi connectivity index (χ1n) is 5.09. The zero-order valence-electron chi connectivity index (χ0n) is 9.13. The first-order chi connectivity index (χ1) is 7.05. The molecule has 0 fully saturated rings. The second-order valence-corrected chi connectivity index (χ2v) is 3.60. The maximum Gasteiger partial charge on any atom is 0.127 e. The summed E-state index contributed by atoms with van der Waals surface area (Å²) in [4.78, 5) is 1.44. The van der Waals surface area contributed by atoms with E-state index >= 15 is 0 Å². The summed E-state index contributed by atoms with van der Waals surface area (Å²) in [6.07, 6.45) is -0.676. The van der Waals surface area contributed by atoms with E-state index in [2.05, 4.69) is 0 Å². The molecule has 0 bridgehead atoms. The van der Waals surface area contributed by atoms with Crippen molar-refractivity contribution < 1.29 is 20.4 Å². The second kappa shape index (κ2) is 7.10. The molecule has 2 atom stereocenters. The van der Waals surface area contributed by atoms with Crippen LogP contribution in [0.5, 0.6) is 0 Å². The van der Waals surface area contributed by atoms with Gasteiger partial charge in [-0.25, -0.2) is 0 Å². The molecule has 0 rings (SSSR count). The molecule has 2 unspecified atom stereocenters. The fraction of sp³-hybridized carbons (Fsp3) is 1.00. The molecular weight excluding hydrogens is 200 g/mol. The largest absolute Gasteiger partial charge is 0.395 e. The molecule has 0 aliphatic rings. The van der Waals surface area contributed by atoms with Crippen molar-refractivity contribution in [1.82, 2.24) is 4.90 Å². The van der Waals surface area contributed by atoms with Gasteiger partial charge in [0.15, 0.2) is 0 Å². The Bertz CT molecular complexity index is 158. The number of nitrogens with zero attached hydrogens (tertiary/aromatic N) is 1. The third-order valence-corrected chi connectivity index (χ3v) is 2.59. The second-order valence-electron chi connectivity index (χ2n) is 3.60. The molecule has 15 heavy (non-hydrogen) atoms. The molecule has 0 radical (unpaired) electrons. The molecule has 0 aromatic rings. The lowest BCUT2D eigenvalue weighted by atomic mass is 9.95. The molecule has 0 saturated carbocycles. The Labute approximate surface area is 89.9 Å². The molecule has 0 aromatic carbocycles. The number of hydrogen-bond acceptors (Lipinski definition) is 6. The van der Waals surface area contributed by atoms with Gasteiger partial charge in [-0.15, -0.1) is 0 Å². The summed E-state index contributed by atoms with van der Waals surface area (Å²) in [5, 5.41) is 36.6. The van der Waals surface area contributed by atoms with Crippen LogP contribution in [0.2, 0.25) is 0 Å². The molecule has 0 saturated heterocycles. The average Bonchev–Trinajstić information content (AvgIpc) is 2.26. The van der Waals surface area contributed by atoms with Gasteiger partial charge < -0.3 is 26.2 Å². The lowest BCUT2D eigenvalue weighted by molar-refractivity contribution is -0.0801. The predicted octanol–water partition coefficient (Wildman–Crippen LogP) is -2.31. The summed E-state index contributed by atoms with van der Waals surface area (Å²) >= 11 is 0. The first-order valence-corrected chi connectivity index (χ1v) is 5.09. The van der Waals surface area contributed by atoms with Crippen molar-refractivity contribution in [2.75, 3.05) is 32.9 Å². The van der Waals surface area contributed by atoms with Gasteiger partial charge in [0.1, 0.15) is 6.23 Å². The van der Waals surface area contributed by atoms with Crippen molar-refractivity contribution in [2.24, 2.45) is 5.73 Å². The molecule has 0 amide bonds. The third kappa shape index (κ3) is 4.02. The van der Waals surface area contributed by atoms with Crippen molar-refractivity contribution in [1.29, 1.82) is 0 Å².